The highest BCUT2D eigenvalue weighted by molar-refractivity contribution is 5.14. The van der Waals surface area contributed by atoms with E-state index in [1.54, 1.807) is 0 Å². The summed E-state index contributed by atoms with van der Waals surface area (Å²) in [6.07, 6.45) is 6.60. The van der Waals surface area contributed by atoms with Crippen LogP contribution in [0.2, 0.25) is 0 Å². The zero-order chi connectivity index (χ0) is 13.5. The van der Waals surface area contributed by atoms with Gasteiger partial charge in [-0.25, -0.2) is 0 Å². The number of rotatable bonds is 6. The summed E-state index contributed by atoms with van der Waals surface area (Å²) in [6.45, 7) is 4.63. The molecule has 1 aromatic carbocycles. The summed E-state index contributed by atoms with van der Waals surface area (Å²) in [7, 11) is 2.10. The lowest BCUT2D eigenvalue weighted by atomic mass is 9.90. The maximum absolute atomic E-state index is 3.43. The van der Waals surface area contributed by atoms with Gasteiger partial charge in [0.15, 0.2) is 0 Å². The first-order chi connectivity index (χ1) is 9.33. The molecule has 0 atom stereocenters. The van der Waals surface area contributed by atoms with Gasteiger partial charge in [-0.3, -0.25) is 4.90 Å². The summed E-state index contributed by atoms with van der Waals surface area (Å²) >= 11 is 0. The zero-order valence-electron chi connectivity index (χ0n) is 12.4. The fourth-order valence-corrected chi connectivity index (χ4v) is 3.23. The van der Waals surface area contributed by atoms with Gasteiger partial charge in [-0.1, -0.05) is 37.3 Å². The fourth-order valence-electron chi connectivity index (χ4n) is 3.23. The molecule has 1 saturated carbocycles. The monoisotopic (exact) mass is 260 g/mol. The molecule has 0 unspecified atom stereocenters. The van der Waals surface area contributed by atoms with E-state index >= 15 is 0 Å². The molecule has 0 amide bonds. The molecule has 1 fully saturated rings. The summed E-state index contributed by atoms with van der Waals surface area (Å²) in [4.78, 5) is 2.70. The van der Waals surface area contributed by atoms with Gasteiger partial charge in [0.1, 0.15) is 0 Å². The van der Waals surface area contributed by atoms with Crippen LogP contribution in [0.1, 0.15) is 44.6 Å². The summed E-state index contributed by atoms with van der Waals surface area (Å²) in [5.74, 6) is 0. The Morgan fingerprint density at radius 1 is 1.11 bits per heavy atom. The molecule has 106 valence electrons. The van der Waals surface area contributed by atoms with E-state index in [0.29, 0.717) is 0 Å². The maximum Gasteiger partial charge on any atom is 0.0236 e. The molecule has 0 radical (unpaired) electrons. The molecule has 1 aromatic rings. The summed E-state index contributed by atoms with van der Waals surface area (Å²) < 4.78 is 0. The van der Waals surface area contributed by atoms with E-state index in [2.05, 4.69) is 54.5 Å². The van der Waals surface area contributed by atoms with Crippen molar-refractivity contribution in [3.63, 3.8) is 0 Å². The third kappa shape index (κ3) is 4.32. The van der Waals surface area contributed by atoms with E-state index in [9.17, 15) is 0 Å². The Morgan fingerprint density at radius 3 is 2.37 bits per heavy atom. The molecule has 2 heteroatoms. The molecule has 0 heterocycles. The van der Waals surface area contributed by atoms with Crippen molar-refractivity contribution in [2.24, 2.45) is 0 Å². The number of nitrogens with one attached hydrogen (secondary N) is 1. The van der Waals surface area contributed by atoms with Gasteiger partial charge in [-0.2, -0.15) is 0 Å². The van der Waals surface area contributed by atoms with Gasteiger partial charge in [-0.05, 0) is 51.3 Å². The molecule has 0 aromatic heterocycles. The summed E-state index contributed by atoms with van der Waals surface area (Å²) in [5, 5.41) is 3.43. The Bertz CT molecular complexity index is 342. The maximum atomic E-state index is 3.43. The standard InChI is InChI=1S/C17H28N2/c1-3-13-19(14-15-7-5-4-6-8-15)17-11-9-16(18-2)10-12-17/h4-8,16-18H,3,9-14H2,1-2H3. The van der Waals surface area contributed by atoms with E-state index in [4.69, 9.17) is 0 Å². The van der Waals surface area contributed by atoms with Crippen LogP contribution in [0.15, 0.2) is 30.3 Å². The van der Waals surface area contributed by atoms with E-state index in [1.165, 1.54) is 44.2 Å². The molecular formula is C17H28N2. The molecule has 1 N–H and O–H groups in total. The van der Waals surface area contributed by atoms with Gasteiger partial charge in [0.25, 0.3) is 0 Å². The van der Waals surface area contributed by atoms with Crippen molar-refractivity contribution in [2.45, 2.75) is 57.7 Å². The van der Waals surface area contributed by atoms with Crippen LogP contribution in [-0.4, -0.2) is 30.6 Å². The number of nitrogens with zero attached hydrogens (tertiary/aromatic N) is 1. The zero-order valence-corrected chi connectivity index (χ0v) is 12.4. The Morgan fingerprint density at radius 2 is 1.79 bits per heavy atom. The first-order valence-electron chi connectivity index (χ1n) is 7.78. The average molecular weight is 260 g/mol. The van der Waals surface area contributed by atoms with Crippen LogP contribution in [0.3, 0.4) is 0 Å². The first-order valence-corrected chi connectivity index (χ1v) is 7.78. The molecular weight excluding hydrogens is 232 g/mol. The number of benzene rings is 1. The normalized spacial score (nSPS) is 23.7. The molecule has 0 spiro atoms. The molecule has 0 aliphatic heterocycles. The second-order valence-electron chi connectivity index (χ2n) is 5.75. The van der Waals surface area contributed by atoms with Crippen molar-refractivity contribution >= 4 is 0 Å². The smallest absolute Gasteiger partial charge is 0.0236 e. The highest BCUT2D eigenvalue weighted by Crippen LogP contribution is 2.24. The molecule has 2 nitrogen and oxygen atoms in total. The lowest BCUT2D eigenvalue weighted by molar-refractivity contribution is 0.137. The van der Waals surface area contributed by atoms with Crippen molar-refractivity contribution in [2.75, 3.05) is 13.6 Å². The number of hydrogen-bond acceptors (Lipinski definition) is 2. The van der Waals surface area contributed by atoms with Gasteiger partial charge in [-0.15, -0.1) is 0 Å². The van der Waals surface area contributed by atoms with Gasteiger partial charge in [0.2, 0.25) is 0 Å². The molecule has 1 aliphatic carbocycles. The average Bonchev–Trinajstić information content (AvgIpc) is 2.48. The van der Waals surface area contributed by atoms with E-state index in [1.807, 2.05) is 0 Å². The van der Waals surface area contributed by atoms with Crippen molar-refractivity contribution in [1.29, 1.82) is 0 Å². The highest BCUT2D eigenvalue weighted by Gasteiger charge is 2.24. The Labute approximate surface area is 118 Å². The molecule has 2 rings (SSSR count). The lowest BCUT2D eigenvalue weighted by Crippen LogP contribution is -2.41. The van der Waals surface area contributed by atoms with Crippen LogP contribution in [0.4, 0.5) is 0 Å². The minimum absolute atomic E-state index is 0.747. The van der Waals surface area contributed by atoms with E-state index < -0.39 is 0 Å². The summed E-state index contributed by atoms with van der Waals surface area (Å²) in [5.41, 5.74) is 1.45. The molecule has 0 bridgehead atoms. The van der Waals surface area contributed by atoms with Crippen LogP contribution in [0.5, 0.6) is 0 Å². The van der Waals surface area contributed by atoms with Crippen LogP contribution in [0, 0.1) is 0 Å². The predicted octanol–water partition coefficient (Wildman–Crippen LogP) is 3.43. The largest absolute Gasteiger partial charge is 0.317 e. The Balaban J connectivity index is 1.92. The van der Waals surface area contributed by atoms with E-state index in [0.717, 1.165) is 18.6 Å². The minimum Gasteiger partial charge on any atom is -0.317 e. The lowest BCUT2D eigenvalue weighted by Gasteiger charge is -2.37. The van der Waals surface area contributed by atoms with Crippen LogP contribution in [0.25, 0.3) is 0 Å². The number of hydrogen-bond donors (Lipinski definition) is 1. The predicted molar refractivity (Wildman–Crippen MR) is 82.2 cm³/mol. The van der Waals surface area contributed by atoms with Gasteiger partial charge in [0.05, 0.1) is 0 Å². The molecule has 1 aliphatic rings. The molecule has 0 saturated heterocycles. The molecule has 19 heavy (non-hydrogen) atoms. The topological polar surface area (TPSA) is 15.3 Å². The van der Waals surface area contributed by atoms with Crippen molar-refractivity contribution in [3.05, 3.63) is 35.9 Å². The SMILES string of the molecule is CCCN(Cc1ccccc1)C1CCC(NC)CC1. The second-order valence-corrected chi connectivity index (χ2v) is 5.75. The second kappa shape index (κ2) is 7.66. The first kappa shape index (κ1) is 14.5. The third-order valence-electron chi connectivity index (χ3n) is 4.36. The Hall–Kier alpha value is -0.860. The Kier molecular flexibility index (Phi) is 5.87. The highest BCUT2D eigenvalue weighted by atomic mass is 15.2. The van der Waals surface area contributed by atoms with Crippen LogP contribution < -0.4 is 5.32 Å². The van der Waals surface area contributed by atoms with Crippen molar-refractivity contribution in [1.82, 2.24) is 10.2 Å². The van der Waals surface area contributed by atoms with Crippen molar-refractivity contribution < 1.29 is 0 Å². The van der Waals surface area contributed by atoms with Gasteiger partial charge in [0, 0.05) is 18.6 Å². The van der Waals surface area contributed by atoms with Gasteiger partial charge >= 0.3 is 0 Å². The fraction of sp³-hybridized carbons (Fsp3) is 0.647. The van der Waals surface area contributed by atoms with E-state index in [-0.39, 0.29) is 0 Å². The van der Waals surface area contributed by atoms with Crippen LogP contribution in [-0.2, 0) is 6.54 Å². The summed E-state index contributed by atoms with van der Waals surface area (Å²) in [6, 6.07) is 12.4. The van der Waals surface area contributed by atoms with Crippen molar-refractivity contribution in [3.8, 4) is 0 Å². The van der Waals surface area contributed by atoms with Gasteiger partial charge < -0.3 is 5.32 Å². The van der Waals surface area contributed by atoms with Crippen LogP contribution >= 0.6 is 0 Å². The third-order valence-corrected chi connectivity index (χ3v) is 4.36. The quantitative estimate of drug-likeness (QED) is 0.843. The minimum atomic E-state index is 0.747.